The number of aromatic nitrogens is 5. The maximum atomic E-state index is 14.1. The first kappa shape index (κ1) is 17.8. The van der Waals surface area contributed by atoms with Crippen molar-refractivity contribution in [3.8, 4) is 11.5 Å². The summed E-state index contributed by atoms with van der Waals surface area (Å²) in [5.41, 5.74) is 0.136. The number of pyridine rings is 2. The zero-order chi connectivity index (χ0) is 19.9. The van der Waals surface area contributed by atoms with E-state index in [0.717, 1.165) is 12.3 Å². The van der Waals surface area contributed by atoms with E-state index in [1.165, 1.54) is 22.7 Å². The Morgan fingerprint density at radius 2 is 1.89 bits per heavy atom. The number of fused-ring (bicyclic) bond motifs is 1. The van der Waals surface area contributed by atoms with Crippen LogP contribution in [0.25, 0.3) is 17.0 Å². The predicted octanol–water partition coefficient (Wildman–Crippen LogP) is 4.40. The minimum absolute atomic E-state index is 0.0384. The van der Waals surface area contributed by atoms with Gasteiger partial charge in [0.1, 0.15) is 16.9 Å². The minimum Gasteiger partial charge on any atom is -0.336 e. The van der Waals surface area contributed by atoms with Crippen LogP contribution >= 0.6 is 0 Å². The van der Waals surface area contributed by atoms with Crippen LogP contribution in [0.2, 0.25) is 0 Å². The molecule has 0 unspecified atom stereocenters. The molecule has 10 heteroatoms. The van der Waals surface area contributed by atoms with Crippen molar-refractivity contribution in [3.63, 3.8) is 0 Å². The monoisotopic (exact) mass is 388 g/mol. The van der Waals surface area contributed by atoms with Crippen LogP contribution in [0, 0.1) is 12.7 Å². The van der Waals surface area contributed by atoms with Gasteiger partial charge in [-0.05, 0) is 37.3 Å². The zero-order valence-electron chi connectivity index (χ0n) is 14.4. The molecule has 6 nitrogen and oxygen atoms in total. The number of anilines is 2. The van der Waals surface area contributed by atoms with E-state index in [4.69, 9.17) is 0 Å². The Labute approximate surface area is 155 Å². The Bertz CT molecular complexity index is 1170. The number of aryl methyl sites for hydroxylation is 1. The smallest absolute Gasteiger partial charge is 0.336 e. The summed E-state index contributed by atoms with van der Waals surface area (Å²) in [6.07, 6.45) is -1.91. The summed E-state index contributed by atoms with van der Waals surface area (Å²) in [5, 5.41) is 7.06. The first-order chi connectivity index (χ1) is 13.3. The van der Waals surface area contributed by atoms with E-state index in [0.29, 0.717) is 11.2 Å². The van der Waals surface area contributed by atoms with Crippen molar-refractivity contribution in [1.29, 1.82) is 0 Å². The largest absolute Gasteiger partial charge is 0.433 e. The molecule has 0 radical (unpaired) electrons. The molecule has 4 aromatic rings. The molecule has 0 aromatic carbocycles. The number of nitrogens with one attached hydrogen (secondary N) is 1. The lowest BCUT2D eigenvalue weighted by molar-refractivity contribution is -0.141. The Hall–Kier alpha value is -3.56. The van der Waals surface area contributed by atoms with Crippen LogP contribution in [0.3, 0.4) is 0 Å². The van der Waals surface area contributed by atoms with E-state index in [9.17, 15) is 17.6 Å². The predicted molar refractivity (Wildman–Crippen MR) is 93.4 cm³/mol. The van der Waals surface area contributed by atoms with Gasteiger partial charge >= 0.3 is 6.18 Å². The third kappa shape index (κ3) is 3.36. The Balaban J connectivity index is 1.83. The molecule has 0 atom stereocenters. The van der Waals surface area contributed by atoms with Crippen molar-refractivity contribution < 1.29 is 17.6 Å². The van der Waals surface area contributed by atoms with Gasteiger partial charge in [0.25, 0.3) is 0 Å². The first-order valence-electron chi connectivity index (χ1n) is 8.10. The Kier molecular flexibility index (Phi) is 4.17. The Morgan fingerprint density at radius 1 is 1.07 bits per heavy atom. The van der Waals surface area contributed by atoms with E-state index in [1.807, 2.05) is 0 Å². The van der Waals surface area contributed by atoms with Crippen LogP contribution in [0.4, 0.5) is 29.1 Å². The summed E-state index contributed by atoms with van der Waals surface area (Å²) in [6, 6.07) is 8.35. The fraction of sp³-hybridized carbons (Fsp3) is 0.111. The molecule has 4 heterocycles. The van der Waals surface area contributed by atoms with Gasteiger partial charge in [0.2, 0.25) is 5.82 Å². The summed E-state index contributed by atoms with van der Waals surface area (Å²) < 4.78 is 54.4. The highest BCUT2D eigenvalue weighted by molar-refractivity contribution is 5.75. The second-order valence-electron chi connectivity index (χ2n) is 5.96. The number of nitrogens with zero attached hydrogens (tertiary/aromatic N) is 5. The highest BCUT2D eigenvalue weighted by Crippen LogP contribution is 2.30. The van der Waals surface area contributed by atoms with Gasteiger partial charge in [-0.15, -0.1) is 5.10 Å². The zero-order valence-corrected chi connectivity index (χ0v) is 14.4. The van der Waals surface area contributed by atoms with Crippen LogP contribution in [0.15, 0.2) is 48.8 Å². The summed E-state index contributed by atoms with van der Waals surface area (Å²) in [6.45, 7) is 1.70. The maximum Gasteiger partial charge on any atom is 0.433 e. The molecule has 0 bridgehead atoms. The van der Waals surface area contributed by atoms with Crippen molar-refractivity contribution in [2.45, 2.75) is 13.1 Å². The van der Waals surface area contributed by atoms with Crippen LogP contribution in [0.5, 0.6) is 0 Å². The molecule has 28 heavy (non-hydrogen) atoms. The topological polar surface area (TPSA) is 68.0 Å². The average Bonchev–Trinajstić information content (AvgIpc) is 3.13. The molecular formula is C18H12F4N6. The second kappa shape index (κ2) is 6.55. The van der Waals surface area contributed by atoms with Crippen LogP contribution in [-0.2, 0) is 6.18 Å². The number of rotatable bonds is 3. The van der Waals surface area contributed by atoms with Gasteiger partial charge in [0.15, 0.2) is 11.6 Å². The standard InChI is InChI=1S/C18H12F4N6/c1-10-8-13(11(19)9-23-10)25-17-14-5-3-7-28(14)27-16(26-17)12-4-2-6-15(24-12)18(20,21)22/h2-9H,1H3,(H,23,25,26,27). The maximum absolute atomic E-state index is 14.1. The molecule has 0 saturated carbocycles. The number of hydrogen-bond acceptors (Lipinski definition) is 5. The van der Waals surface area contributed by atoms with Crippen molar-refractivity contribution in [3.05, 3.63) is 66.0 Å². The average molecular weight is 388 g/mol. The van der Waals surface area contributed by atoms with Crippen molar-refractivity contribution in [1.82, 2.24) is 24.6 Å². The van der Waals surface area contributed by atoms with Crippen molar-refractivity contribution in [2.75, 3.05) is 5.32 Å². The fourth-order valence-electron chi connectivity index (χ4n) is 2.62. The lowest BCUT2D eigenvalue weighted by Gasteiger charge is -2.11. The SMILES string of the molecule is Cc1cc(Nc2nc(-c3cccc(C(F)(F)F)n3)nn3cccc23)c(F)cn1. The normalized spacial score (nSPS) is 11.8. The lowest BCUT2D eigenvalue weighted by atomic mass is 10.3. The van der Waals surface area contributed by atoms with Gasteiger partial charge in [-0.1, -0.05) is 6.07 Å². The third-order valence-corrected chi connectivity index (χ3v) is 3.90. The molecule has 0 saturated heterocycles. The van der Waals surface area contributed by atoms with E-state index in [-0.39, 0.29) is 23.0 Å². The van der Waals surface area contributed by atoms with Gasteiger partial charge in [-0.2, -0.15) is 13.2 Å². The number of halogens is 4. The van der Waals surface area contributed by atoms with Crippen LogP contribution in [0.1, 0.15) is 11.4 Å². The molecule has 0 amide bonds. The quantitative estimate of drug-likeness (QED) is 0.527. The van der Waals surface area contributed by atoms with Gasteiger partial charge < -0.3 is 5.32 Å². The summed E-state index contributed by atoms with van der Waals surface area (Å²) in [7, 11) is 0. The number of alkyl halides is 3. The van der Waals surface area contributed by atoms with E-state index < -0.39 is 17.7 Å². The van der Waals surface area contributed by atoms with Gasteiger partial charge in [-0.25, -0.2) is 18.9 Å². The summed E-state index contributed by atoms with van der Waals surface area (Å²) in [5.74, 6) is -0.408. The molecular weight excluding hydrogens is 376 g/mol. The van der Waals surface area contributed by atoms with E-state index >= 15 is 0 Å². The lowest BCUT2D eigenvalue weighted by Crippen LogP contribution is -2.10. The number of hydrogen-bond donors (Lipinski definition) is 1. The summed E-state index contributed by atoms with van der Waals surface area (Å²) in [4.78, 5) is 11.7. The first-order valence-corrected chi connectivity index (χ1v) is 8.10. The molecule has 0 fully saturated rings. The van der Waals surface area contributed by atoms with Gasteiger partial charge in [0.05, 0.1) is 11.9 Å². The second-order valence-corrected chi connectivity index (χ2v) is 5.96. The molecule has 4 aromatic heterocycles. The molecule has 0 spiro atoms. The van der Waals surface area contributed by atoms with Gasteiger partial charge in [0, 0.05) is 11.9 Å². The van der Waals surface area contributed by atoms with Crippen LogP contribution in [-0.4, -0.2) is 24.6 Å². The third-order valence-electron chi connectivity index (χ3n) is 3.90. The molecule has 0 aliphatic heterocycles. The van der Waals surface area contributed by atoms with Crippen LogP contribution < -0.4 is 5.32 Å². The summed E-state index contributed by atoms with van der Waals surface area (Å²) >= 11 is 0. The minimum atomic E-state index is -4.59. The highest BCUT2D eigenvalue weighted by atomic mass is 19.4. The highest BCUT2D eigenvalue weighted by Gasteiger charge is 2.32. The molecule has 0 aliphatic rings. The van der Waals surface area contributed by atoms with E-state index in [1.54, 1.807) is 25.3 Å². The fourth-order valence-corrected chi connectivity index (χ4v) is 2.62. The van der Waals surface area contributed by atoms with Crippen molar-refractivity contribution >= 4 is 17.0 Å². The van der Waals surface area contributed by atoms with E-state index in [2.05, 4.69) is 25.4 Å². The molecule has 1 N–H and O–H groups in total. The molecule has 4 rings (SSSR count). The van der Waals surface area contributed by atoms with Gasteiger partial charge in [-0.3, -0.25) is 4.98 Å². The molecule has 0 aliphatic carbocycles. The molecule has 142 valence electrons. The Morgan fingerprint density at radius 3 is 2.68 bits per heavy atom. The van der Waals surface area contributed by atoms with Crippen molar-refractivity contribution in [2.24, 2.45) is 0 Å².